The number of ether oxygens (including phenoxy) is 2. The van der Waals surface area contributed by atoms with Crippen molar-refractivity contribution in [3.05, 3.63) is 33.8 Å². The summed E-state index contributed by atoms with van der Waals surface area (Å²) in [5.74, 6) is -0.645. The second-order valence-electron chi connectivity index (χ2n) is 5.12. The molecule has 0 radical (unpaired) electrons. The molecule has 0 aliphatic carbocycles. The summed E-state index contributed by atoms with van der Waals surface area (Å²) in [4.78, 5) is 12.1. The van der Waals surface area contributed by atoms with Crippen molar-refractivity contribution in [2.45, 2.75) is 32.7 Å². The third-order valence-corrected chi connectivity index (χ3v) is 3.50. The van der Waals surface area contributed by atoms with E-state index in [1.807, 2.05) is 39.0 Å². The van der Waals surface area contributed by atoms with Crippen LogP contribution in [0.25, 0.3) is 0 Å². The lowest BCUT2D eigenvalue weighted by molar-refractivity contribution is -0.137. The number of halogens is 1. The number of hydrogen-bond acceptors (Lipinski definition) is 3. The fourth-order valence-electron chi connectivity index (χ4n) is 2.00. The fourth-order valence-corrected chi connectivity index (χ4v) is 2.37. The van der Waals surface area contributed by atoms with Gasteiger partial charge in [0.1, 0.15) is 6.10 Å². The number of aryl methyl sites for hydroxylation is 1. The number of rotatable bonds is 3. The minimum atomic E-state index is -0.554. The normalized spacial score (nSPS) is 21.4. The Hall–Kier alpha value is -0.910. The smallest absolute Gasteiger partial charge is 0.251 e. The highest BCUT2D eigenvalue weighted by Gasteiger charge is 2.32. The molecule has 104 valence electrons. The standard InChI is InChI=1S/C14H18BrNO3/c1-9-4-5-10(15)6-12(9)13(17)16-7-11-8-18-14(2,3)19-11/h4-6,11H,7-8H2,1-3H3,(H,16,17). The van der Waals surface area contributed by atoms with Crippen LogP contribution in [0.15, 0.2) is 22.7 Å². The summed E-state index contributed by atoms with van der Waals surface area (Å²) in [7, 11) is 0. The molecule has 0 spiro atoms. The fraction of sp³-hybridized carbons (Fsp3) is 0.500. The highest BCUT2D eigenvalue weighted by Crippen LogP contribution is 2.22. The molecule has 1 heterocycles. The maximum absolute atomic E-state index is 12.1. The van der Waals surface area contributed by atoms with E-state index in [1.54, 1.807) is 0 Å². The molecule has 19 heavy (non-hydrogen) atoms. The lowest BCUT2D eigenvalue weighted by Crippen LogP contribution is -2.34. The summed E-state index contributed by atoms with van der Waals surface area (Å²) in [5.41, 5.74) is 1.62. The predicted molar refractivity (Wildman–Crippen MR) is 76.1 cm³/mol. The number of benzene rings is 1. The van der Waals surface area contributed by atoms with Crippen LogP contribution >= 0.6 is 15.9 Å². The zero-order valence-corrected chi connectivity index (χ0v) is 12.9. The maximum Gasteiger partial charge on any atom is 0.251 e. The molecule has 4 nitrogen and oxygen atoms in total. The summed E-state index contributed by atoms with van der Waals surface area (Å²) in [6.45, 7) is 6.61. The van der Waals surface area contributed by atoms with Crippen molar-refractivity contribution in [3.8, 4) is 0 Å². The summed E-state index contributed by atoms with van der Waals surface area (Å²) in [5, 5.41) is 2.88. The van der Waals surface area contributed by atoms with Gasteiger partial charge in [-0.05, 0) is 38.5 Å². The van der Waals surface area contributed by atoms with Crippen LogP contribution in [0.4, 0.5) is 0 Å². The van der Waals surface area contributed by atoms with E-state index < -0.39 is 5.79 Å². The van der Waals surface area contributed by atoms with Gasteiger partial charge in [0, 0.05) is 16.6 Å². The molecule has 1 saturated heterocycles. The Kier molecular flexibility index (Phi) is 4.28. The molecule has 1 fully saturated rings. The van der Waals surface area contributed by atoms with E-state index in [9.17, 15) is 4.79 Å². The minimum absolute atomic E-state index is 0.0906. The zero-order chi connectivity index (χ0) is 14.0. The first-order valence-electron chi connectivity index (χ1n) is 6.23. The molecule has 0 aromatic heterocycles. The van der Waals surface area contributed by atoms with Gasteiger partial charge in [-0.2, -0.15) is 0 Å². The van der Waals surface area contributed by atoms with Gasteiger partial charge in [-0.3, -0.25) is 4.79 Å². The van der Waals surface area contributed by atoms with E-state index in [-0.39, 0.29) is 12.0 Å². The van der Waals surface area contributed by atoms with Crippen LogP contribution in [-0.2, 0) is 9.47 Å². The third-order valence-electron chi connectivity index (χ3n) is 3.00. The summed E-state index contributed by atoms with van der Waals surface area (Å²) < 4.78 is 12.0. The van der Waals surface area contributed by atoms with E-state index in [0.717, 1.165) is 10.0 Å². The van der Waals surface area contributed by atoms with Crippen LogP contribution in [0.1, 0.15) is 29.8 Å². The van der Waals surface area contributed by atoms with E-state index >= 15 is 0 Å². The SMILES string of the molecule is Cc1ccc(Br)cc1C(=O)NCC1COC(C)(C)O1. The van der Waals surface area contributed by atoms with Crippen LogP contribution in [-0.4, -0.2) is 30.9 Å². The second kappa shape index (κ2) is 5.61. The summed E-state index contributed by atoms with van der Waals surface area (Å²) in [6, 6.07) is 5.65. The highest BCUT2D eigenvalue weighted by atomic mass is 79.9. The van der Waals surface area contributed by atoms with Crippen molar-refractivity contribution in [2.24, 2.45) is 0 Å². The van der Waals surface area contributed by atoms with Crippen LogP contribution in [0, 0.1) is 6.92 Å². The topological polar surface area (TPSA) is 47.6 Å². The molecule has 1 aliphatic heterocycles. The van der Waals surface area contributed by atoms with Crippen LogP contribution in [0.2, 0.25) is 0 Å². The molecular weight excluding hydrogens is 310 g/mol. The van der Waals surface area contributed by atoms with Gasteiger partial charge in [-0.15, -0.1) is 0 Å². The lowest BCUT2D eigenvalue weighted by atomic mass is 10.1. The van der Waals surface area contributed by atoms with Gasteiger partial charge in [0.05, 0.1) is 6.61 Å². The lowest BCUT2D eigenvalue weighted by Gasteiger charge is -2.17. The molecule has 1 unspecified atom stereocenters. The molecule has 5 heteroatoms. The van der Waals surface area contributed by atoms with Crippen molar-refractivity contribution in [1.82, 2.24) is 5.32 Å². The number of nitrogens with one attached hydrogen (secondary N) is 1. The molecule has 0 saturated carbocycles. The molecular formula is C14H18BrNO3. The predicted octanol–water partition coefficient (Wildman–Crippen LogP) is 2.64. The molecule has 1 aromatic carbocycles. The van der Waals surface area contributed by atoms with Crippen molar-refractivity contribution in [1.29, 1.82) is 0 Å². The van der Waals surface area contributed by atoms with Crippen LogP contribution in [0.5, 0.6) is 0 Å². The average molecular weight is 328 g/mol. The zero-order valence-electron chi connectivity index (χ0n) is 11.3. The molecule has 1 atom stereocenters. The second-order valence-corrected chi connectivity index (χ2v) is 6.04. The molecule has 1 aromatic rings. The Morgan fingerprint density at radius 3 is 2.89 bits per heavy atom. The van der Waals surface area contributed by atoms with Crippen LogP contribution < -0.4 is 5.32 Å². The average Bonchev–Trinajstić information content (AvgIpc) is 2.69. The highest BCUT2D eigenvalue weighted by molar-refractivity contribution is 9.10. The van der Waals surface area contributed by atoms with E-state index in [4.69, 9.17) is 9.47 Å². The summed E-state index contributed by atoms with van der Waals surface area (Å²) in [6.07, 6.45) is -0.0913. The number of carbonyl (C=O) groups excluding carboxylic acids is 1. The van der Waals surface area contributed by atoms with E-state index in [2.05, 4.69) is 21.2 Å². The van der Waals surface area contributed by atoms with Gasteiger partial charge in [0.2, 0.25) is 0 Å². The molecule has 2 rings (SSSR count). The maximum atomic E-state index is 12.1. The first-order valence-corrected chi connectivity index (χ1v) is 7.03. The molecule has 0 bridgehead atoms. The Bertz CT molecular complexity index is 488. The van der Waals surface area contributed by atoms with E-state index in [0.29, 0.717) is 18.7 Å². The Labute approximate surface area is 121 Å². The Balaban J connectivity index is 1.93. The van der Waals surface area contributed by atoms with Gasteiger partial charge in [-0.1, -0.05) is 22.0 Å². The van der Waals surface area contributed by atoms with Gasteiger partial charge >= 0.3 is 0 Å². The largest absolute Gasteiger partial charge is 0.349 e. The Morgan fingerprint density at radius 1 is 1.53 bits per heavy atom. The van der Waals surface area contributed by atoms with Crippen molar-refractivity contribution in [2.75, 3.05) is 13.2 Å². The first kappa shape index (κ1) is 14.5. The van der Waals surface area contributed by atoms with Crippen molar-refractivity contribution < 1.29 is 14.3 Å². The molecule has 1 amide bonds. The van der Waals surface area contributed by atoms with Gasteiger partial charge < -0.3 is 14.8 Å². The van der Waals surface area contributed by atoms with Gasteiger partial charge in [0.15, 0.2) is 5.79 Å². The van der Waals surface area contributed by atoms with Crippen molar-refractivity contribution >= 4 is 21.8 Å². The van der Waals surface area contributed by atoms with Crippen molar-refractivity contribution in [3.63, 3.8) is 0 Å². The summed E-state index contributed by atoms with van der Waals surface area (Å²) >= 11 is 3.37. The number of hydrogen-bond donors (Lipinski definition) is 1. The minimum Gasteiger partial charge on any atom is -0.349 e. The number of amides is 1. The third kappa shape index (κ3) is 3.78. The van der Waals surface area contributed by atoms with E-state index in [1.165, 1.54) is 0 Å². The first-order chi connectivity index (χ1) is 8.87. The number of carbonyl (C=O) groups is 1. The van der Waals surface area contributed by atoms with Crippen LogP contribution in [0.3, 0.4) is 0 Å². The van der Waals surface area contributed by atoms with Gasteiger partial charge in [-0.25, -0.2) is 0 Å². The Morgan fingerprint density at radius 2 is 2.26 bits per heavy atom. The molecule has 1 aliphatic rings. The quantitative estimate of drug-likeness (QED) is 0.928. The molecule has 1 N–H and O–H groups in total. The monoisotopic (exact) mass is 327 g/mol. The van der Waals surface area contributed by atoms with Gasteiger partial charge in [0.25, 0.3) is 5.91 Å².